The van der Waals surface area contributed by atoms with Crippen LogP contribution in [0.2, 0.25) is 0 Å². The number of benzene rings is 1. The van der Waals surface area contributed by atoms with Gasteiger partial charge in [0.1, 0.15) is 0 Å². The fourth-order valence-electron chi connectivity index (χ4n) is 2.51. The van der Waals surface area contributed by atoms with Gasteiger partial charge in [-0.3, -0.25) is 9.59 Å². The minimum absolute atomic E-state index is 0.145. The Morgan fingerprint density at radius 2 is 2.10 bits per heavy atom. The maximum atomic E-state index is 11.1. The topological polar surface area (TPSA) is 92.4 Å². The third-order valence-corrected chi connectivity index (χ3v) is 4.50. The van der Waals surface area contributed by atoms with Gasteiger partial charge in [-0.25, -0.2) is 0 Å². The van der Waals surface area contributed by atoms with Gasteiger partial charge in [-0.1, -0.05) is 6.42 Å². The number of carbonyl (C=O) groups is 2. The molecule has 4 N–H and O–H groups in total. The summed E-state index contributed by atoms with van der Waals surface area (Å²) in [6.07, 6.45) is 3.14. The molecule has 0 unspecified atom stereocenters. The number of rotatable bonds is 6. The second kappa shape index (κ2) is 5.83. The summed E-state index contributed by atoms with van der Waals surface area (Å²) in [7, 11) is 0. The summed E-state index contributed by atoms with van der Waals surface area (Å²) in [4.78, 5) is 22.0. The highest BCUT2D eigenvalue weighted by atomic mass is 79.9. The molecule has 1 aromatic rings. The molecule has 0 heterocycles. The molecule has 5 nitrogen and oxygen atoms in total. The molecular formula is C14H17BrN2O3. The maximum Gasteiger partial charge on any atom is 0.303 e. The number of carbonyl (C=O) groups excluding carboxylic acids is 1. The standard InChI is InChI=1S/C14H17BrN2O3/c15-10-6-9(13(16)20)2-3-11(10)17-8-14(4-1-5-14)7-12(18)19/h2-3,6,17H,1,4-5,7-8H2,(H2,16,20)(H,18,19). The van der Waals surface area contributed by atoms with Gasteiger partial charge in [-0.2, -0.15) is 0 Å². The molecule has 1 aliphatic carbocycles. The van der Waals surface area contributed by atoms with E-state index in [9.17, 15) is 9.59 Å². The first-order valence-electron chi connectivity index (χ1n) is 6.47. The fourth-order valence-corrected chi connectivity index (χ4v) is 3.03. The quantitative estimate of drug-likeness (QED) is 0.742. The highest BCUT2D eigenvalue weighted by Gasteiger charge is 2.38. The summed E-state index contributed by atoms with van der Waals surface area (Å²) >= 11 is 3.39. The molecule has 1 aliphatic rings. The van der Waals surface area contributed by atoms with Crippen molar-refractivity contribution in [2.75, 3.05) is 11.9 Å². The molecule has 20 heavy (non-hydrogen) atoms. The lowest BCUT2D eigenvalue weighted by Crippen LogP contribution is -2.38. The molecule has 1 fully saturated rings. The lowest BCUT2D eigenvalue weighted by atomic mass is 9.66. The second-order valence-electron chi connectivity index (χ2n) is 5.34. The van der Waals surface area contributed by atoms with E-state index < -0.39 is 11.9 Å². The molecule has 1 amide bonds. The lowest BCUT2D eigenvalue weighted by molar-refractivity contribution is -0.141. The first kappa shape index (κ1) is 14.8. The van der Waals surface area contributed by atoms with Gasteiger partial charge in [0.15, 0.2) is 0 Å². The summed E-state index contributed by atoms with van der Waals surface area (Å²) in [6.45, 7) is 0.619. The van der Waals surface area contributed by atoms with E-state index in [0.717, 1.165) is 29.4 Å². The summed E-state index contributed by atoms with van der Waals surface area (Å²) in [5, 5.41) is 12.2. The van der Waals surface area contributed by atoms with Crippen LogP contribution in [0.3, 0.4) is 0 Å². The van der Waals surface area contributed by atoms with Gasteiger partial charge in [0.25, 0.3) is 0 Å². The van der Waals surface area contributed by atoms with Crippen LogP contribution in [0.4, 0.5) is 5.69 Å². The Hall–Kier alpha value is -1.56. The van der Waals surface area contributed by atoms with Crippen molar-refractivity contribution in [1.29, 1.82) is 0 Å². The number of nitrogens with two attached hydrogens (primary N) is 1. The normalized spacial score (nSPS) is 16.2. The van der Waals surface area contributed by atoms with Crippen LogP contribution in [-0.2, 0) is 4.79 Å². The SMILES string of the molecule is NC(=O)c1ccc(NCC2(CC(=O)O)CCC2)c(Br)c1. The van der Waals surface area contributed by atoms with E-state index in [0.29, 0.717) is 12.1 Å². The monoisotopic (exact) mass is 340 g/mol. The van der Waals surface area contributed by atoms with E-state index in [1.165, 1.54) is 0 Å². The average Bonchev–Trinajstić information content (AvgIpc) is 2.33. The average molecular weight is 341 g/mol. The molecular weight excluding hydrogens is 324 g/mol. The third kappa shape index (κ3) is 3.30. The van der Waals surface area contributed by atoms with Crippen molar-refractivity contribution in [1.82, 2.24) is 0 Å². The predicted molar refractivity (Wildman–Crippen MR) is 79.7 cm³/mol. The smallest absolute Gasteiger partial charge is 0.303 e. The Balaban J connectivity index is 2.03. The summed E-state index contributed by atoms with van der Waals surface area (Å²) in [6, 6.07) is 5.09. The predicted octanol–water partition coefficient (Wildman–Crippen LogP) is 2.60. The summed E-state index contributed by atoms with van der Waals surface area (Å²) < 4.78 is 0.749. The molecule has 1 saturated carbocycles. The molecule has 1 aromatic carbocycles. The van der Waals surface area contributed by atoms with E-state index in [4.69, 9.17) is 10.8 Å². The van der Waals surface area contributed by atoms with Gasteiger partial charge < -0.3 is 16.2 Å². The van der Waals surface area contributed by atoms with E-state index in [1.807, 2.05) is 0 Å². The molecule has 0 saturated heterocycles. The molecule has 2 rings (SSSR count). The van der Waals surface area contributed by atoms with E-state index >= 15 is 0 Å². The number of amides is 1. The number of nitrogens with one attached hydrogen (secondary N) is 1. The number of primary amides is 1. The molecule has 0 aromatic heterocycles. The van der Waals surface area contributed by atoms with Gasteiger partial charge in [0.2, 0.25) is 5.91 Å². The van der Waals surface area contributed by atoms with Crippen molar-refractivity contribution in [2.24, 2.45) is 11.1 Å². The van der Waals surface area contributed by atoms with Crippen molar-refractivity contribution >= 4 is 33.5 Å². The largest absolute Gasteiger partial charge is 0.481 e. The van der Waals surface area contributed by atoms with Gasteiger partial charge in [0, 0.05) is 22.3 Å². The molecule has 6 heteroatoms. The van der Waals surface area contributed by atoms with Crippen LogP contribution in [0, 0.1) is 5.41 Å². The van der Waals surface area contributed by atoms with E-state index in [2.05, 4.69) is 21.2 Å². The number of carboxylic acids is 1. The van der Waals surface area contributed by atoms with Gasteiger partial charge in [0.05, 0.1) is 6.42 Å². The molecule has 0 bridgehead atoms. The Kier molecular flexibility index (Phi) is 4.32. The number of anilines is 1. The van der Waals surface area contributed by atoms with Crippen LogP contribution >= 0.6 is 15.9 Å². The fraction of sp³-hybridized carbons (Fsp3) is 0.429. The van der Waals surface area contributed by atoms with Crippen LogP contribution in [0.1, 0.15) is 36.0 Å². The summed E-state index contributed by atoms with van der Waals surface area (Å²) in [5.41, 5.74) is 6.35. The lowest BCUT2D eigenvalue weighted by Gasteiger charge is -2.41. The zero-order chi connectivity index (χ0) is 14.8. The Morgan fingerprint density at radius 1 is 1.40 bits per heavy atom. The van der Waals surface area contributed by atoms with Crippen molar-refractivity contribution < 1.29 is 14.7 Å². The first-order valence-corrected chi connectivity index (χ1v) is 7.26. The van der Waals surface area contributed by atoms with Gasteiger partial charge in [-0.05, 0) is 52.4 Å². The van der Waals surface area contributed by atoms with Crippen molar-refractivity contribution in [3.63, 3.8) is 0 Å². The van der Waals surface area contributed by atoms with E-state index in [1.54, 1.807) is 18.2 Å². The van der Waals surface area contributed by atoms with Gasteiger partial charge in [-0.15, -0.1) is 0 Å². The third-order valence-electron chi connectivity index (χ3n) is 3.85. The molecule has 0 aliphatic heterocycles. The van der Waals surface area contributed by atoms with Gasteiger partial charge >= 0.3 is 5.97 Å². The van der Waals surface area contributed by atoms with Crippen LogP contribution in [-0.4, -0.2) is 23.5 Å². The highest BCUT2D eigenvalue weighted by Crippen LogP contribution is 2.44. The molecule has 0 radical (unpaired) electrons. The number of hydrogen-bond acceptors (Lipinski definition) is 3. The molecule has 0 atom stereocenters. The minimum atomic E-state index is -0.755. The van der Waals surface area contributed by atoms with Crippen LogP contribution in [0.5, 0.6) is 0 Å². The zero-order valence-corrected chi connectivity index (χ0v) is 12.6. The van der Waals surface area contributed by atoms with Crippen molar-refractivity contribution in [3.8, 4) is 0 Å². The number of aliphatic carboxylic acids is 1. The number of hydrogen-bond donors (Lipinski definition) is 3. The van der Waals surface area contributed by atoms with Crippen molar-refractivity contribution in [3.05, 3.63) is 28.2 Å². The Bertz CT molecular complexity index is 541. The minimum Gasteiger partial charge on any atom is -0.481 e. The Labute approximate surface area is 125 Å². The highest BCUT2D eigenvalue weighted by molar-refractivity contribution is 9.10. The summed E-state index contributed by atoms with van der Waals surface area (Å²) in [5.74, 6) is -1.23. The number of halogens is 1. The van der Waals surface area contributed by atoms with E-state index in [-0.39, 0.29) is 11.8 Å². The number of carboxylic acid groups (broad SMARTS) is 1. The van der Waals surface area contributed by atoms with Crippen molar-refractivity contribution in [2.45, 2.75) is 25.7 Å². The molecule has 0 spiro atoms. The Morgan fingerprint density at radius 3 is 2.55 bits per heavy atom. The molecule has 108 valence electrons. The van der Waals surface area contributed by atoms with Crippen LogP contribution < -0.4 is 11.1 Å². The first-order chi connectivity index (χ1) is 9.42. The zero-order valence-electron chi connectivity index (χ0n) is 11.0. The second-order valence-corrected chi connectivity index (χ2v) is 6.19. The maximum absolute atomic E-state index is 11.1. The van der Waals surface area contributed by atoms with Crippen LogP contribution in [0.15, 0.2) is 22.7 Å². The van der Waals surface area contributed by atoms with Crippen LogP contribution in [0.25, 0.3) is 0 Å².